The molecule has 90 valence electrons. The van der Waals surface area contributed by atoms with E-state index in [-0.39, 0.29) is 0 Å². The fourth-order valence-electron chi connectivity index (χ4n) is 1.37. The minimum absolute atomic E-state index is 0.449. The Kier molecular flexibility index (Phi) is 4.59. The van der Waals surface area contributed by atoms with Gasteiger partial charge < -0.3 is 15.2 Å². The maximum atomic E-state index is 11.4. The third kappa shape index (κ3) is 8.24. The van der Waals surface area contributed by atoms with Crippen LogP contribution in [0.2, 0.25) is 0 Å². The molecule has 4 nitrogen and oxygen atoms in total. The first-order chi connectivity index (χ1) is 6.52. The van der Waals surface area contributed by atoms with Gasteiger partial charge in [0.2, 0.25) is 0 Å². The summed E-state index contributed by atoms with van der Waals surface area (Å²) in [5, 5.41) is 12.0. The van der Waals surface area contributed by atoms with Crippen molar-refractivity contribution in [3.63, 3.8) is 0 Å². The normalized spacial score (nSPS) is 14.6. The first kappa shape index (κ1) is 14.2. The van der Waals surface area contributed by atoms with Crippen molar-refractivity contribution >= 4 is 6.09 Å². The maximum Gasteiger partial charge on any atom is 0.408 e. The Morgan fingerprint density at radius 2 is 1.80 bits per heavy atom. The standard InChI is InChI=1S/C11H23NO3/c1-8(13)7-11(5,6)12-9(14)15-10(2,3)4/h8,13H,7H2,1-6H3,(H,12,14). The van der Waals surface area contributed by atoms with E-state index in [1.165, 1.54) is 0 Å². The van der Waals surface area contributed by atoms with Crippen molar-refractivity contribution in [3.8, 4) is 0 Å². The second-order valence-electron chi connectivity index (χ2n) is 5.56. The molecule has 0 aliphatic heterocycles. The van der Waals surface area contributed by atoms with E-state index in [1.54, 1.807) is 6.92 Å². The maximum absolute atomic E-state index is 11.4. The van der Waals surface area contributed by atoms with E-state index in [0.717, 1.165) is 0 Å². The largest absolute Gasteiger partial charge is 0.444 e. The SMILES string of the molecule is CC(O)CC(C)(C)NC(=O)OC(C)(C)C. The average molecular weight is 217 g/mol. The molecule has 0 rings (SSSR count). The Morgan fingerprint density at radius 3 is 2.13 bits per heavy atom. The van der Waals surface area contributed by atoms with Gasteiger partial charge in [0.15, 0.2) is 0 Å². The van der Waals surface area contributed by atoms with E-state index in [0.29, 0.717) is 6.42 Å². The van der Waals surface area contributed by atoms with Crippen LogP contribution in [0.5, 0.6) is 0 Å². The smallest absolute Gasteiger partial charge is 0.408 e. The quantitative estimate of drug-likeness (QED) is 0.760. The molecule has 0 heterocycles. The number of aliphatic hydroxyl groups excluding tert-OH is 1. The summed E-state index contributed by atoms with van der Waals surface area (Å²) >= 11 is 0. The molecule has 15 heavy (non-hydrogen) atoms. The lowest BCUT2D eigenvalue weighted by Gasteiger charge is -2.29. The second-order valence-corrected chi connectivity index (χ2v) is 5.56. The lowest BCUT2D eigenvalue weighted by Crippen LogP contribution is -2.47. The molecule has 0 radical (unpaired) electrons. The Morgan fingerprint density at radius 1 is 1.33 bits per heavy atom. The van der Waals surface area contributed by atoms with Crippen LogP contribution in [0.25, 0.3) is 0 Å². The number of ether oxygens (including phenoxy) is 1. The number of carbonyl (C=O) groups is 1. The van der Waals surface area contributed by atoms with Crippen molar-refractivity contribution in [2.45, 2.75) is 65.2 Å². The van der Waals surface area contributed by atoms with Crippen LogP contribution in [0.1, 0.15) is 48.0 Å². The first-order valence-electron chi connectivity index (χ1n) is 5.21. The van der Waals surface area contributed by atoms with Crippen molar-refractivity contribution in [2.24, 2.45) is 0 Å². The lowest BCUT2D eigenvalue weighted by molar-refractivity contribution is 0.0439. The molecule has 1 atom stereocenters. The van der Waals surface area contributed by atoms with Crippen LogP contribution in [0, 0.1) is 0 Å². The number of alkyl carbamates (subject to hydrolysis) is 1. The van der Waals surface area contributed by atoms with E-state index in [4.69, 9.17) is 4.74 Å². The van der Waals surface area contributed by atoms with E-state index in [2.05, 4.69) is 5.32 Å². The third-order valence-electron chi connectivity index (χ3n) is 1.65. The van der Waals surface area contributed by atoms with Crippen LogP contribution in [-0.2, 0) is 4.74 Å². The first-order valence-corrected chi connectivity index (χ1v) is 5.21. The average Bonchev–Trinajstić information content (AvgIpc) is 1.73. The summed E-state index contributed by atoms with van der Waals surface area (Å²) in [5.41, 5.74) is -0.957. The molecule has 0 saturated carbocycles. The van der Waals surface area contributed by atoms with Gasteiger partial charge in [0.05, 0.1) is 6.10 Å². The van der Waals surface area contributed by atoms with Crippen molar-refractivity contribution in [2.75, 3.05) is 0 Å². The molecule has 0 aromatic carbocycles. The zero-order valence-electron chi connectivity index (χ0n) is 10.5. The third-order valence-corrected chi connectivity index (χ3v) is 1.65. The van der Waals surface area contributed by atoms with Gasteiger partial charge in [-0.3, -0.25) is 0 Å². The van der Waals surface area contributed by atoms with Crippen LogP contribution < -0.4 is 5.32 Å². The summed E-state index contributed by atoms with van der Waals surface area (Å²) in [6.45, 7) is 10.8. The van der Waals surface area contributed by atoms with E-state index in [9.17, 15) is 9.90 Å². The highest BCUT2D eigenvalue weighted by Crippen LogP contribution is 2.13. The summed E-state index contributed by atoms with van der Waals surface area (Å²) in [6, 6.07) is 0. The van der Waals surface area contributed by atoms with Crippen molar-refractivity contribution in [1.29, 1.82) is 0 Å². The predicted octanol–water partition coefficient (Wildman–Crippen LogP) is 2.06. The molecule has 0 aliphatic carbocycles. The molecule has 0 bridgehead atoms. The molecule has 2 N–H and O–H groups in total. The number of carbonyl (C=O) groups excluding carboxylic acids is 1. The fraction of sp³-hybridized carbons (Fsp3) is 0.909. The van der Waals surface area contributed by atoms with E-state index >= 15 is 0 Å². The van der Waals surface area contributed by atoms with E-state index in [1.807, 2.05) is 34.6 Å². The number of rotatable bonds is 3. The van der Waals surface area contributed by atoms with E-state index < -0.39 is 23.3 Å². The molecular weight excluding hydrogens is 194 g/mol. The number of aliphatic hydroxyl groups is 1. The molecular formula is C11H23NO3. The summed E-state index contributed by atoms with van der Waals surface area (Å²) in [7, 11) is 0. The van der Waals surface area contributed by atoms with Crippen LogP contribution >= 0.6 is 0 Å². The van der Waals surface area contributed by atoms with Crippen molar-refractivity contribution in [3.05, 3.63) is 0 Å². The van der Waals surface area contributed by atoms with Gasteiger partial charge >= 0.3 is 6.09 Å². The minimum atomic E-state index is -0.495. The molecule has 0 fully saturated rings. The molecule has 0 aromatic heterocycles. The zero-order valence-corrected chi connectivity index (χ0v) is 10.5. The second kappa shape index (κ2) is 4.84. The Balaban J connectivity index is 4.16. The predicted molar refractivity (Wildman–Crippen MR) is 59.7 cm³/mol. The zero-order chi connectivity index (χ0) is 12.3. The number of hydrogen-bond acceptors (Lipinski definition) is 3. The van der Waals surface area contributed by atoms with Gasteiger partial charge in [-0.25, -0.2) is 4.79 Å². The highest BCUT2D eigenvalue weighted by atomic mass is 16.6. The monoisotopic (exact) mass is 217 g/mol. The van der Waals surface area contributed by atoms with Crippen LogP contribution in [0.4, 0.5) is 4.79 Å². The molecule has 1 amide bonds. The molecule has 1 unspecified atom stereocenters. The summed E-state index contributed by atoms with van der Waals surface area (Å²) in [5.74, 6) is 0. The highest BCUT2D eigenvalue weighted by Gasteiger charge is 2.25. The van der Waals surface area contributed by atoms with Gasteiger partial charge in [-0.15, -0.1) is 0 Å². The summed E-state index contributed by atoms with van der Waals surface area (Å²) < 4.78 is 5.12. The van der Waals surface area contributed by atoms with Crippen LogP contribution in [0.15, 0.2) is 0 Å². The fourth-order valence-corrected chi connectivity index (χ4v) is 1.37. The minimum Gasteiger partial charge on any atom is -0.444 e. The molecule has 0 aliphatic rings. The lowest BCUT2D eigenvalue weighted by atomic mass is 9.98. The van der Waals surface area contributed by atoms with Crippen LogP contribution in [-0.4, -0.2) is 28.4 Å². The van der Waals surface area contributed by atoms with Crippen molar-refractivity contribution in [1.82, 2.24) is 5.32 Å². The molecule has 0 saturated heterocycles. The topological polar surface area (TPSA) is 58.6 Å². The Hall–Kier alpha value is -0.770. The molecule has 0 spiro atoms. The van der Waals surface area contributed by atoms with Gasteiger partial charge in [-0.1, -0.05) is 0 Å². The van der Waals surface area contributed by atoms with Gasteiger partial charge in [0.25, 0.3) is 0 Å². The van der Waals surface area contributed by atoms with Gasteiger partial charge in [0, 0.05) is 5.54 Å². The van der Waals surface area contributed by atoms with Crippen molar-refractivity contribution < 1.29 is 14.6 Å². The van der Waals surface area contributed by atoms with Gasteiger partial charge in [0.1, 0.15) is 5.60 Å². The molecule has 0 aromatic rings. The summed E-state index contributed by atoms with van der Waals surface area (Å²) in [6.07, 6.45) is -0.408. The number of nitrogens with one attached hydrogen (secondary N) is 1. The Labute approximate surface area is 92.0 Å². The van der Waals surface area contributed by atoms with Gasteiger partial charge in [-0.05, 0) is 48.0 Å². The molecule has 4 heteroatoms. The number of amides is 1. The Bertz CT molecular complexity index is 216. The van der Waals surface area contributed by atoms with Crippen LogP contribution in [0.3, 0.4) is 0 Å². The summed E-state index contributed by atoms with van der Waals surface area (Å²) in [4.78, 5) is 11.4. The number of hydrogen-bond donors (Lipinski definition) is 2. The van der Waals surface area contributed by atoms with Gasteiger partial charge in [-0.2, -0.15) is 0 Å². The highest BCUT2D eigenvalue weighted by molar-refractivity contribution is 5.68.